The van der Waals surface area contributed by atoms with E-state index in [1.165, 1.54) is 17.3 Å². The summed E-state index contributed by atoms with van der Waals surface area (Å²) in [5, 5.41) is 4.10. The molecule has 5 rings (SSSR count). The van der Waals surface area contributed by atoms with E-state index in [2.05, 4.69) is 28.4 Å². The molecule has 158 valence electrons. The molecule has 2 unspecified atom stereocenters. The van der Waals surface area contributed by atoms with Gasteiger partial charge in [-0.3, -0.25) is 9.78 Å². The number of pyridine rings is 1. The molecule has 6 nitrogen and oxygen atoms in total. The summed E-state index contributed by atoms with van der Waals surface area (Å²) in [5.74, 6) is -0.366. The van der Waals surface area contributed by atoms with Crippen LogP contribution in [0.2, 0.25) is 0 Å². The van der Waals surface area contributed by atoms with Gasteiger partial charge < -0.3 is 15.2 Å². The van der Waals surface area contributed by atoms with E-state index in [9.17, 15) is 9.18 Å². The molecule has 7 heteroatoms. The number of aromatic nitrogens is 1. The first-order valence-corrected chi connectivity index (χ1v) is 10.9. The molecule has 1 N–H and O–H groups in total. The molecule has 4 heterocycles. The van der Waals surface area contributed by atoms with E-state index in [1.807, 2.05) is 23.4 Å². The van der Waals surface area contributed by atoms with Crippen LogP contribution in [0.1, 0.15) is 36.9 Å². The normalized spacial score (nSPS) is 29.9. The van der Waals surface area contributed by atoms with Gasteiger partial charge in [0.25, 0.3) is 0 Å². The summed E-state index contributed by atoms with van der Waals surface area (Å²) in [7, 11) is 0. The summed E-state index contributed by atoms with van der Waals surface area (Å²) in [6, 6.07) is 2.37. The molecule has 0 spiro atoms. The van der Waals surface area contributed by atoms with Gasteiger partial charge in [0.1, 0.15) is 5.83 Å². The summed E-state index contributed by atoms with van der Waals surface area (Å²) in [6.07, 6.45) is 11.4. The van der Waals surface area contributed by atoms with Crippen molar-refractivity contribution >= 4 is 17.8 Å². The maximum atomic E-state index is 14.1. The molecule has 1 aromatic heterocycles. The van der Waals surface area contributed by atoms with Crippen molar-refractivity contribution in [3.05, 3.63) is 47.6 Å². The number of fused-ring (bicyclic) bond motifs is 1. The number of rotatable bonds is 4. The SMILES string of the molecule is C[C@@H]1C[C@@H](CN2CCc3cc(C4C=NNC4)ncc32)CN1C(=O)C1CC=CC=C1F. The van der Waals surface area contributed by atoms with Crippen LogP contribution >= 0.6 is 0 Å². The standard InChI is InChI=1S/C23H28FN5O/c1-15-8-16(14-29(15)23(30)19-4-2-3-5-20(19)24)13-28-7-6-17-9-21(25-12-22(17)28)18-10-26-27-11-18/h2-3,5,9-10,12,15-16,18-19,27H,4,6-8,11,13-14H2,1H3/t15-,16+,18?,19?/m1/s1. The van der Waals surface area contributed by atoms with Crippen LogP contribution in [0.5, 0.6) is 0 Å². The minimum absolute atomic E-state index is 0.0666. The smallest absolute Gasteiger partial charge is 0.233 e. The van der Waals surface area contributed by atoms with Crippen LogP contribution in [0.15, 0.2) is 41.4 Å². The molecule has 1 amide bonds. The van der Waals surface area contributed by atoms with Gasteiger partial charge in [0.15, 0.2) is 0 Å². The zero-order valence-electron chi connectivity index (χ0n) is 17.3. The molecule has 1 aromatic rings. The lowest BCUT2D eigenvalue weighted by Crippen LogP contribution is -2.39. The lowest BCUT2D eigenvalue weighted by atomic mass is 9.97. The third-order valence-electron chi connectivity index (χ3n) is 6.83. The van der Waals surface area contributed by atoms with Gasteiger partial charge in [0.2, 0.25) is 5.91 Å². The van der Waals surface area contributed by atoms with Crippen LogP contribution < -0.4 is 10.3 Å². The summed E-state index contributed by atoms with van der Waals surface area (Å²) in [4.78, 5) is 21.9. The van der Waals surface area contributed by atoms with E-state index in [0.717, 1.165) is 38.2 Å². The van der Waals surface area contributed by atoms with Gasteiger partial charge in [-0.25, -0.2) is 4.39 Å². The number of amides is 1. The van der Waals surface area contributed by atoms with Gasteiger partial charge >= 0.3 is 0 Å². The van der Waals surface area contributed by atoms with Gasteiger partial charge in [-0.1, -0.05) is 12.2 Å². The first-order chi connectivity index (χ1) is 14.6. The van der Waals surface area contributed by atoms with Crippen molar-refractivity contribution in [2.24, 2.45) is 16.9 Å². The Balaban J connectivity index is 1.23. The van der Waals surface area contributed by atoms with Crippen molar-refractivity contribution in [3.8, 4) is 0 Å². The van der Waals surface area contributed by atoms with Gasteiger partial charge in [-0.15, -0.1) is 0 Å². The van der Waals surface area contributed by atoms with E-state index >= 15 is 0 Å². The number of nitrogens with zero attached hydrogens (tertiary/aromatic N) is 4. The number of hydrogen-bond acceptors (Lipinski definition) is 5. The summed E-state index contributed by atoms with van der Waals surface area (Å²) in [5.41, 5.74) is 6.63. The van der Waals surface area contributed by atoms with E-state index in [0.29, 0.717) is 18.9 Å². The van der Waals surface area contributed by atoms with Crippen LogP contribution in [0.3, 0.4) is 0 Å². The Kier molecular flexibility index (Phi) is 5.05. The molecule has 4 atom stereocenters. The summed E-state index contributed by atoms with van der Waals surface area (Å²) < 4.78 is 14.1. The van der Waals surface area contributed by atoms with Crippen LogP contribution in [-0.4, -0.2) is 54.2 Å². The van der Waals surface area contributed by atoms with Crippen LogP contribution in [-0.2, 0) is 11.2 Å². The molecule has 0 radical (unpaired) electrons. The molecule has 30 heavy (non-hydrogen) atoms. The third kappa shape index (κ3) is 3.50. The van der Waals surface area contributed by atoms with Crippen LogP contribution in [0.4, 0.5) is 10.1 Å². The Labute approximate surface area is 176 Å². The number of hydrazone groups is 1. The average Bonchev–Trinajstić information content (AvgIpc) is 3.48. The molecule has 0 saturated carbocycles. The number of likely N-dealkylation sites (tertiary alicyclic amines) is 1. The maximum absolute atomic E-state index is 14.1. The minimum Gasteiger partial charge on any atom is -0.369 e. The first kappa shape index (κ1) is 19.3. The number of nitrogens with one attached hydrogen (secondary N) is 1. The second-order valence-corrected chi connectivity index (χ2v) is 8.89. The number of halogens is 1. The van der Waals surface area contributed by atoms with E-state index < -0.39 is 5.92 Å². The average molecular weight is 410 g/mol. The lowest BCUT2D eigenvalue weighted by molar-refractivity contribution is -0.135. The highest BCUT2D eigenvalue weighted by molar-refractivity contribution is 5.82. The summed E-state index contributed by atoms with van der Waals surface area (Å²) >= 11 is 0. The molecule has 0 aromatic carbocycles. The molecular formula is C23H28FN5O. The van der Waals surface area contributed by atoms with E-state index in [4.69, 9.17) is 4.98 Å². The second-order valence-electron chi connectivity index (χ2n) is 8.89. The van der Waals surface area contributed by atoms with E-state index in [1.54, 1.807) is 6.08 Å². The zero-order chi connectivity index (χ0) is 20.7. The zero-order valence-corrected chi connectivity index (χ0v) is 17.3. The summed E-state index contributed by atoms with van der Waals surface area (Å²) in [6.45, 7) is 5.50. The van der Waals surface area contributed by atoms with Crippen molar-refractivity contribution in [2.45, 2.75) is 38.1 Å². The molecule has 1 aliphatic carbocycles. The highest BCUT2D eigenvalue weighted by Crippen LogP contribution is 2.34. The Morgan fingerprint density at radius 3 is 3.10 bits per heavy atom. The highest BCUT2D eigenvalue weighted by Gasteiger charge is 2.38. The third-order valence-corrected chi connectivity index (χ3v) is 6.83. The van der Waals surface area contributed by atoms with Crippen LogP contribution in [0.25, 0.3) is 0 Å². The number of anilines is 1. The Morgan fingerprint density at radius 1 is 1.40 bits per heavy atom. The Bertz CT molecular complexity index is 926. The van der Waals surface area contributed by atoms with Crippen molar-refractivity contribution in [1.29, 1.82) is 0 Å². The number of allylic oxidation sites excluding steroid dienone is 3. The van der Waals surface area contributed by atoms with Crippen LogP contribution in [0, 0.1) is 11.8 Å². The topological polar surface area (TPSA) is 60.8 Å². The molecule has 1 saturated heterocycles. The predicted molar refractivity (Wildman–Crippen MR) is 115 cm³/mol. The monoisotopic (exact) mass is 409 g/mol. The Hall–Kier alpha value is -2.70. The first-order valence-electron chi connectivity index (χ1n) is 10.9. The lowest BCUT2D eigenvalue weighted by Gasteiger charge is -2.27. The van der Waals surface area contributed by atoms with Gasteiger partial charge in [0.05, 0.1) is 29.4 Å². The number of hydrogen-bond donors (Lipinski definition) is 1. The van der Waals surface area contributed by atoms with Gasteiger partial charge in [-0.2, -0.15) is 5.10 Å². The van der Waals surface area contributed by atoms with Crippen molar-refractivity contribution < 1.29 is 9.18 Å². The fourth-order valence-electron chi connectivity index (χ4n) is 5.20. The van der Waals surface area contributed by atoms with Crippen molar-refractivity contribution in [2.75, 3.05) is 31.1 Å². The van der Waals surface area contributed by atoms with E-state index in [-0.39, 0.29) is 23.7 Å². The largest absolute Gasteiger partial charge is 0.369 e. The van der Waals surface area contributed by atoms with Crippen molar-refractivity contribution in [3.63, 3.8) is 0 Å². The fraction of sp³-hybridized carbons (Fsp3) is 0.522. The van der Waals surface area contributed by atoms with Gasteiger partial charge in [0, 0.05) is 38.4 Å². The minimum atomic E-state index is -0.639. The highest BCUT2D eigenvalue weighted by atomic mass is 19.1. The molecular weight excluding hydrogens is 381 g/mol. The molecule has 4 aliphatic rings. The number of carbonyl (C=O) groups excluding carboxylic acids is 1. The van der Waals surface area contributed by atoms with Crippen molar-refractivity contribution in [1.82, 2.24) is 15.3 Å². The quantitative estimate of drug-likeness (QED) is 0.831. The van der Waals surface area contributed by atoms with Gasteiger partial charge in [-0.05, 0) is 49.8 Å². The predicted octanol–water partition coefficient (Wildman–Crippen LogP) is 2.78. The fourth-order valence-corrected chi connectivity index (χ4v) is 5.20. The maximum Gasteiger partial charge on any atom is 0.233 e. The molecule has 0 bridgehead atoms. The number of carbonyl (C=O) groups is 1. The molecule has 1 fully saturated rings. The Morgan fingerprint density at radius 2 is 2.30 bits per heavy atom. The second kappa shape index (κ2) is 7.85. The molecule has 3 aliphatic heterocycles.